The lowest BCUT2D eigenvalue weighted by Gasteiger charge is -2.22. The Hall–Kier alpha value is -1.75. The van der Waals surface area contributed by atoms with Gasteiger partial charge in [0.25, 0.3) is 0 Å². The SMILES string of the molecule is Cc1cc(C(=O)CCN2CCCC2CC(=O)O)ccc1F. The highest BCUT2D eigenvalue weighted by Crippen LogP contribution is 2.21. The maximum absolute atomic E-state index is 13.2. The van der Waals surface area contributed by atoms with Gasteiger partial charge in [0.05, 0.1) is 6.42 Å². The summed E-state index contributed by atoms with van der Waals surface area (Å²) in [7, 11) is 0. The van der Waals surface area contributed by atoms with E-state index < -0.39 is 5.97 Å². The molecule has 1 atom stereocenters. The Bertz CT molecular complexity index is 544. The highest BCUT2D eigenvalue weighted by atomic mass is 19.1. The van der Waals surface area contributed by atoms with Crippen molar-refractivity contribution in [1.82, 2.24) is 4.90 Å². The molecule has 0 aliphatic carbocycles. The summed E-state index contributed by atoms with van der Waals surface area (Å²) in [5.41, 5.74) is 0.980. The zero-order valence-electron chi connectivity index (χ0n) is 12.1. The molecule has 0 radical (unpaired) electrons. The number of hydrogen-bond donors (Lipinski definition) is 1. The molecule has 4 nitrogen and oxygen atoms in total. The van der Waals surface area contributed by atoms with Gasteiger partial charge in [-0.3, -0.25) is 14.5 Å². The van der Waals surface area contributed by atoms with Gasteiger partial charge in [0.15, 0.2) is 5.78 Å². The van der Waals surface area contributed by atoms with E-state index in [2.05, 4.69) is 4.90 Å². The first kappa shape index (κ1) is 15.6. The first-order valence-electron chi connectivity index (χ1n) is 7.22. The summed E-state index contributed by atoms with van der Waals surface area (Å²) in [5, 5.41) is 8.87. The quantitative estimate of drug-likeness (QED) is 0.819. The fourth-order valence-corrected chi connectivity index (χ4v) is 2.83. The third-order valence-electron chi connectivity index (χ3n) is 4.02. The number of Topliss-reactive ketones (excluding diaryl/α,β-unsaturated/α-hetero) is 1. The zero-order chi connectivity index (χ0) is 15.4. The Morgan fingerprint density at radius 2 is 2.19 bits per heavy atom. The van der Waals surface area contributed by atoms with Crippen LogP contribution in [0.15, 0.2) is 18.2 Å². The summed E-state index contributed by atoms with van der Waals surface area (Å²) in [6, 6.07) is 4.41. The van der Waals surface area contributed by atoms with Crippen molar-refractivity contribution in [2.45, 2.75) is 38.6 Å². The average molecular weight is 293 g/mol. The molecule has 1 aliphatic rings. The number of carboxylic acids is 1. The summed E-state index contributed by atoms with van der Waals surface area (Å²) in [5.74, 6) is -1.14. The van der Waals surface area contributed by atoms with Crippen molar-refractivity contribution < 1.29 is 19.1 Å². The minimum absolute atomic E-state index is 0.0286. The topological polar surface area (TPSA) is 57.6 Å². The molecule has 0 bridgehead atoms. The fourth-order valence-electron chi connectivity index (χ4n) is 2.83. The molecular weight excluding hydrogens is 273 g/mol. The lowest BCUT2D eigenvalue weighted by molar-refractivity contribution is -0.138. The van der Waals surface area contributed by atoms with Gasteiger partial charge in [-0.05, 0) is 50.1 Å². The van der Waals surface area contributed by atoms with Gasteiger partial charge in [0.2, 0.25) is 0 Å². The molecule has 1 N–H and O–H groups in total. The predicted octanol–water partition coefficient (Wildman–Crippen LogP) is 2.65. The number of carboxylic acid groups (broad SMARTS) is 1. The summed E-state index contributed by atoms with van der Waals surface area (Å²) in [6.45, 7) is 3.04. The second-order valence-corrected chi connectivity index (χ2v) is 5.57. The molecule has 0 spiro atoms. The van der Waals surface area contributed by atoms with Gasteiger partial charge in [0.1, 0.15) is 5.82 Å². The van der Waals surface area contributed by atoms with Gasteiger partial charge in [-0.1, -0.05) is 0 Å². The molecule has 1 saturated heterocycles. The molecule has 1 heterocycles. The van der Waals surface area contributed by atoms with Crippen molar-refractivity contribution in [2.24, 2.45) is 0 Å². The van der Waals surface area contributed by atoms with Crippen molar-refractivity contribution in [3.05, 3.63) is 35.1 Å². The van der Waals surface area contributed by atoms with Crippen molar-refractivity contribution >= 4 is 11.8 Å². The molecule has 1 aromatic rings. The maximum atomic E-state index is 13.2. The Morgan fingerprint density at radius 3 is 2.86 bits per heavy atom. The number of aryl methyl sites for hydroxylation is 1. The van der Waals surface area contributed by atoms with Crippen LogP contribution in [-0.2, 0) is 4.79 Å². The highest BCUT2D eigenvalue weighted by Gasteiger charge is 2.26. The summed E-state index contributed by atoms with van der Waals surface area (Å²) < 4.78 is 13.2. The molecule has 1 unspecified atom stereocenters. The first-order chi connectivity index (χ1) is 9.97. The maximum Gasteiger partial charge on any atom is 0.304 e. The van der Waals surface area contributed by atoms with E-state index in [0.29, 0.717) is 24.1 Å². The van der Waals surface area contributed by atoms with Crippen LogP contribution in [0.1, 0.15) is 41.6 Å². The fraction of sp³-hybridized carbons (Fsp3) is 0.500. The average Bonchev–Trinajstić information content (AvgIpc) is 2.85. The number of benzene rings is 1. The lowest BCUT2D eigenvalue weighted by Crippen LogP contribution is -2.33. The Kier molecular flexibility index (Phi) is 5.07. The van der Waals surface area contributed by atoms with E-state index in [1.54, 1.807) is 13.0 Å². The Balaban J connectivity index is 1.91. The van der Waals surface area contributed by atoms with E-state index in [0.717, 1.165) is 19.4 Å². The van der Waals surface area contributed by atoms with E-state index in [4.69, 9.17) is 5.11 Å². The molecule has 21 heavy (non-hydrogen) atoms. The monoisotopic (exact) mass is 293 g/mol. The first-order valence-corrected chi connectivity index (χ1v) is 7.22. The van der Waals surface area contributed by atoms with Gasteiger partial charge in [-0.15, -0.1) is 0 Å². The van der Waals surface area contributed by atoms with Gasteiger partial charge in [0, 0.05) is 24.6 Å². The summed E-state index contributed by atoms with van der Waals surface area (Å²) in [4.78, 5) is 25.0. The second kappa shape index (κ2) is 6.80. The van der Waals surface area contributed by atoms with Crippen molar-refractivity contribution in [3.63, 3.8) is 0 Å². The highest BCUT2D eigenvalue weighted by molar-refractivity contribution is 5.96. The van der Waals surface area contributed by atoms with Gasteiger partial charge in [-0.2, -0.15) is 0 Å². The number of ketones is 1. The number of halogens is 1. The molecule has 1 aliphatic heterocycles. The van der Waals surface area contributed by atoms with E-state index in [-0.39, 0.29) is 24.1 Å². The van der Waals surface area contributed by atoms with Crippen LogP contribution < -0.4 is 0 Å². The predicted molar refractivity (Wildman–Crippen MR) is 76.9 cm³/mol. The van der Waals surface area contributed by atoms with E-state index in [1.165, 1.54) is 12.1 Å². The number of hydrogen-bond acceptors (Lipinski definition) is 3. The van der Waals surface area contributed by atoms with Crippen molar-refractivity contribution in [1.29, 1.82) is 0 Å². The standard InChI is InChI=1S/C16H20FNO3/c1-11-9-12(4-5-14(11)17)15(19)6-8-18-7-2-3-13(18)10-16(20)21/h4-5,9,13H,2-3,6-8,10H2,1H3,(H,20,21). The molecule has 0 saturated carbocycles. The van der Waals surface area contributed by atoms with Crippen molar-refractivity contribution in [2.75, 3.05) is 13.1 Å². The van der Waals surface area contributed by atoms with E-state index in [9.17, 15) is 14.0 Å². The lowest BCUT2D eigenvalue weighted by atomic mass is 10.0. The van der Waals surface area contributed by atoms with Crippen LogP contribution in [-0.4, -0.2) is 40.9 Å². The summed E-state index contributed by atoms with van der Waals surface area (Å²) >= 11 is 0. The number of rotatable bonds is 6. The second-order valence-electron chi connectivity index (χ2n) is 5.57. The van der Waals surface area contributed by atoms with Gasteiger partial charge < -0.3 is 5.11 Å². The van der Waals surface area contributed by atoms with Crippen LogP contribution in [0.5, 0.6) is 0 Å². The molecule has 1 aromatic carbocycles. The summed E-state index contributed by atoms with van der Waals surface area (Å²) in [6.07, 6.45) is 2.31. The zero-order valence-corrected chi connectivity index (χ0v) is 12.1. The van der Waals surface area contributed by atoms with Crippen LogP contribution >= 0.6 is 0 Å². The normalized spacial score (nSPS) is 18.9. The van der Waals surface area contributed by atoms with Crippen LogP contribution in [0.25, 0.3) is 0 Å². The number of nitrogens with zero attached hydrogens (tertiary/aromatic N) is 1. The molecule has 114 valence electrons. The minimum atomic E-state index is -0.799. The molecular formula is C16H20FNO3. The van der Waals surface area contributed by atoms with Crippen LogP contribution in [0.3, 0.4) is 0 Å². The number of aliphatic carboxylic acids is 1. The van der Waals surface area contributed by atoms with Crippen molar-refractivity contribution in [3.8, 4) is 0 Å². The third-order valence-corrected chi connectivity index (χ3v) is 4.02. The molecule has 0 amide bonds. The number of likely N-dealkylation sites (tertiary alicyclic amines) is 1. The van der Waals surface area contributed by atoms with E-state index in [1.807, 2.05) is 0 Å². The smallest absolute Gasteiger partial charge is 0.304 e. The molecule has 2 rings (SSSR count). The van der Waals surface area contributed by atoms with Crippen LogP contribution in [0.2, 0.25) is 0 Å². The molecule has 0 aromatic heterocycles. The number of carbonyl (C=O) groups excluding carboxylic acids is 1. The van der Waals surface area contributed by atoms with Crippen LogP contribution in [0, 0.1) is 12.7 Å². The Morgan fingerprint density at radius 1 is 1.43 bits per heavy atom. The van der Waals surface area contributed by atoms with Gasteiger partial charge in [-0.25, -0.2) is 4.39 Å². The van der Waals surface area contributed by atoms with Crippen LogP contribution in [0.4, 0.5) is 4.39 Å². The molecule has 1 fully saturated rings. The largest absolute Gasteiger partial charge is 0.481 e. The Labute approximate surface area is 123 Å². The minimum Gasteiger partial charge on any atom is -0.481 e. The molecule has 5 heteroatoms. The third kappa shape index (κ3) is 4.11. The van der Waals surface area contributed by atoms with Gasteiger partial charge >= 0.3 is 5.97 Å². The number of carbonyl (C=O) groups is 2. The van der Waals surface area contributed by atoms with E-state index >= 15 is 0 Å².